The Balaban J connectivity index is 2.36. The number of fused-ring (bicyclic) bond motifs is 1. The normalized spacial score (nSPS) is 11.0. The van der Waals surface area contributed by atoms with E-state index in [2.05, 4.69) is 4.98 Å². The Morgan fingerprint density at radius 1 is 1.43 bits per heavy atom. The van der Waals surface area contributed by atoms with E-state index in [0.29, 0.717) is 18.6 Å². The number of hydrogen-bond donors (Lipinski definition) is 1. The Morgan fingerprint density at radius 3 is 3.00 bits per heavy atom. The number of nitrogens with one attached hydrogen (secondary N) is 1. The molecule has 0 amide bonds. The lowest BCUT2D eigenvalue weighted by atomic mass is 10.2. The number of benzene rings is 1. The fourth-order valence-electron chi connectivity index (χ4n) is 1.47. The summed E-state index contributed by atoms with van der Waals surface area (Å²) >= 11 is 0. The van der Waals surface area contributed by atoms with E-state index in [1.165, 1.54) is 6.07 Å². The summed E-state index contributed by atoms with van der Waals surface area (Å²) < 4.78 is 18.5. The summed E-state index contributed by atoms with van der Waals surface area (Å²) in [4.78, 5) is 3.11. The van der Waals surface area contributed by atoms with Crippen LogP contribution in [0.3, 0.4) is 0 Å². The fourth-order valence-corrected chi connectivity index (χ4v) is 1.47. The van der Waals surface area contributed by atoms with Crippen molar-refractivity contribution in [2.24, 2.45) is 0 Å². The van der Waals surface area contributed by atoms with Gasteiger partial charge in [-0.1, -0.05) is 6.07 Å². The zero-order valence-electron chi connectivity index (χ0n) is 8.01. The zero-order chi connectivity index (χ0) is 9.97. The number of aromatic amines is 1. The lowest BCUT2D eigenvalue weighted by molar-refractivity contribution is 0.132. The van der Waals surface area contributed by atoms with Gasteiger partial charge in [0.1, 0.15) is 5.82 Å². The maximum Gasteiger partial charge on any atom is 0.132 e. The Morgan fingerprint density at radius 2 is 2.29 bits per heavy atom. The van der Waals surface area contributed by atoms with Crippen molar-refractivity contribution in [3.8, 4) is 0 Å². The van der Waals surface area contributed by atoms with Gasteiger partial charge in [-0.05, 0) is 25.1 Å². The Bertz CT molecular complexity index is 436. The van der Waals surface area contributed by atoms with Crippen molar-refractivity contribution in [3.05, 3.63) is 35.8 Å². The van der Waals surface area contributed by atoms with E-state index in [1.807, 2.05) is 13.0 Å². The second kappa shape index (κ2) is 3.80. The number of hydrogen-bond acceptors (Lipinski definition) is 1. The third-order valence-electron chi connectivity index (χ3n) is 2.13. The summed E-state index contributed by atoms with van der Waals surface area (Å²) in [6.07, 6.45) is 0. The third-order valence-corrected chi connectivity index (χ3v) is 2.13. The van der Waals surface area contributed by atoms with Crippen LogP contribution in [-0.4, -0.2) is 11.6 Å². The van der Waals surface area contributed by atoms with Crippen molar-refractivity contribution < 1.29 is 9.13 Å². The SMILES string of the molecule is CCOCc1cc2c(F)cccc2[nH]1. The van der Waals surface area contributed by atoms with Gasteiger partial charge in [0, 0.05) is 23.2 Å². The lowest BCUT2D eigenvalue weighted by Gasteiger charge is -1.95. The quantitative estimate of drug-likeness (QED) is 0.796. The van der Waals surface area contributed by atoms with Gasteiger partial charge in [-0.3, -0.25) is 0 Å². The molecule has 74 valence electrons. The summed E-state index contributed by atoms with van der Waals surface area (Å²) in [5.41, 5.74) is 1.73. The first-order valence-corrected chi connectivity index (χ1v) is 4.65. The summed E-state index contributed by atoms with van der Waals surface area (Å²) in [6.45, 7) is 3.10. The van der Waals surface area contributed by atoms with E-state index in [-0.39, 0.29) is 5.82 Å². The molecule has 0 aliphatic carbocycles. The average Bonchev–Trinajstić information content (AvgIpc) is 2.59. The second-order valence-electron chi connectivity index (χ2n) is 3.13. The molecule has 0 aliphatic rings. The van der Waals surface area contributed by atoms with Gasteiger partial charge < -0.3 is 9.72 Å². The minimum atomic E-state index is -0.193. The van der Waals surface area contributed by atoms with E-state index in [1.54, 1.807) is 12.1 Å². The Labute approximate surface area is 81.7 Å². The van der Waals surface area contributed by atoms with Crippen LogP contribution in [-0.2, 0) is 11.3 Å². The van der Waals surface area contributed by atoms with E-state index in [0.717, 1.165) is 11.2 Å². The second-order valence-corrected chi connectivity index (χ2v) is 3.13. The minimum absolute atomic E-state index is 0.193. The van der Waals surface area contributed by atoms with Crippen LogP contribution in [0.2, 0.25) is 0 Å². The Hall–Kier alpha value is -1.35. The molecule has 0 fully saturated rings. The van der Waals surface area contributed by atoms with E-state index >= 15 is 0 Å². The van der Waals surface area contributed by atoms with E-state index in [9.17, 15) is 4.39 Å². The molecule has 0 saturated carbocycles. The van der Waals surface area contributed by atoms with Crippen LogP contribution >= 0.6 is 0 Å². The van der Waals surface area contributed by atoms with Crippen LogP contribution in [0.15, 0.2) is 24.3 Å². The van der Waals surface area contributed by atoms with Crippen LogP contribution in [0.4, 0.5) is 4.39 Å². The molecule has 2 nitrogen and oxygen atoms in total. The van der Waals surface area contributed by atoms with Crippen molar-refractivity contribution in [2.75, 3.05) is 6.61 Å². The molecular weight excluding hydrogens is 181 g/mol. The molecule has 0 radical (unpaired) electrons. The van der Waals surface area contributed by atoms with Gasteiger partial charge >= 0.3 is 0 Å². The molecule has 0 spiro atoms. The van der Waals surface area contributed by atoms with Gasteiger partial charge in [0.05, 0.1) is 6.61 Å². The van der Waals surface area contributed by atoms with Gasteiger partial charge in [-0.25, -0.2) is 4.39 Å². The fraction of sp³-hybridized carbons (Fsp3) is 0.273. The average molecular weight is 193 g/mol. The first-order chi connectivity index (χ1) is 6.81. The van der Waals surface area contributed by atoms with Crippen LogP contribution < -0.4 is 0 Å². The van der Waals surface area contributed by atoms with Gasteiger partial charge in [0.15, 0.2) is 0 Å². The highest BCUT2D eigenvalue weighted by Crippen LogP contribution is 2.18. The molecule has 2 rings (SSSR count). The zero-order valence-corrected chi connectivity index (χ0v) is 8.01. The Kier molecular flexibility index (Phi) is 2.50. The van der Waals surface area contributed by atoms with Gasteiger partial charge in [0.2, 0.25) is 0 Å². The van der Waals surface area contributed by atoms with Crippen LogP contribution in [0.25, 0.3) is 10.9 Å². The molecule has 14 heavy (non-hydrogen) atoms. The lowest BCUT2D eigenvalue weighted by Crippen LogP contribution is -1.90. The molecule has 1 aromatic carbocycles. The monoisotopic (exact) mass is 193 g/mol. The van der Waals surface area contributed by atoms with Crippen LogP contribution in [0.1, 0.15) is 12.6 Å². The first kappa shape index (κ1) is 9.21. The van der Waals surface area contributed by atoms with Gasteiger partial charge in [-0.15, -0.1) is 0 Å². The molecule has 0 bridgehead atoms. The third kappa shape index (κ3) is 1.63. The molecule has 1 aromatic heterocycles. The highest BCUT2D eigenvalue weighted by Gasteiger charge is 2.04. The predicted molar refractivity (Wildman–Crippen MR) is 53.6 cm³/mol. The molecule has 1 heterocycles. The molecular formula is C11H12FNO. The molecule has 0 unspecified atom stereocenters. The molecule has 0 saturated heterocycles. The maximum atomic E-state index is 13.3. The highest BCUT2D eigenvalue weighted by molar-refractivity contribution is 5.80. The van der Waals surface area contributed by atoms with Crippen molar-refractivity contribution in [2.45, 2.75) is 13.5 Å². The van der Waals surface area contributed by atoms with Crippen molar-refractivity contribution in [1.82, 2.24) is 4.98 Å². The summed E-state index contributed by atoms with van der Waals surface area (Å²) in [5.74, 6) is -0.193. The molecule has 2 aromatic rings. The van der Waals surface area contributed by atoms with Crippen LogP contribution in [0, 0.1) is 5.82 Å². The molecule has 3 heteroatoms. The smallest absolute Gasteiger partial charge is 0.132 e. The standard InChI is InChI=1S/C11H12FNO/c1-2-14-7-8-6-9-10(12)4-3-5-11(9)13-8/h3-6,13H,2,7H2,1H3. The van der Waals surface area contributed by atoms with E-state index < -0.39 is 0 Å². The van der Waals surface area contributed by atoms with Gasteiger partial charge in [0.25, 0.3) is 0 Å². The van der Waals surface area contributed by atoms with Crippen molar-refractivity contribution >= 4 is 10.9 Å². The number of rotatable bonds is 3. The summed E-state index contributed by atoms with van der Waals surface area (Å²) in [6, 6.07) is 6.80. The minimum Gasteiger partial charge on any atom is -0.376 e. The van der Waals surface area contributed by atoms with Crippen LogP contribution in [0.5, 0.6) is 0 Å². The largest absolute Gasteiger partial charge is 0.376 e. The molecule has 0 atom stereocenters. The number of ether oxygens (including phenoxy) is 1. The van der Waals surface area contributed by atoms with E-state index in [4.69, 9.17) is 4.74 Å². The topological polar surface area (TPSA) is 25.0 Å². The molecule has 1 N–H and O–H groups in total. The predicted octanol–water partition coefficient (Wildman–Crippen LogP) is 2.84. The van der Waals surface area contributed by atoms with Gasteiger partial charge in [-0.2, -0.15) is 0 Å². The number of halogens is 1. The van der Waals surface area contributed by atoms with Crippen molar-refractivity contribution in [3.63, 3.8) is 0 Å². The highest BCUT2D eigenvalue weighted by atomic mass is 19.1. The van der Waals surface area contributed by atoms with Crippen molar-refractivity contribution in [1.29, 1.82) is 0 Å². The maximum absolute atomic E-state index is 13.3. The number of H-pyrrole nitrogens is 1. The summed E-state index contributed by atoms with van der Waals surface area (Å²) in [7, 11) is 0. The molecule has 0 aliphatic heterocycles. The summed E-state index contributed by atoms with van der Waals surface area (Å²) in [5, 5.41) is 0.627. The first-order valence-electron chi connectivity index (χ1n) is 4.65. The number of aromatic nitrogens is 1.